The van der Waals surface area contributed by atoms with Crippen LogP contribution in [0.1, 0.15) is 30.7 Å². The second-order valence-corrected chi connectivity index (χ2v) is 5.09. The Labute approximate surface area is 116 Å². The highest BCUT2D eigenvalue weighted by Gasteiger charge is 2.17. The zero-order chi connectivity index (χ0) is 12.1. The molecule has 0 aliphatic rings. The predicted molar refractivity (Wildman–Crippen MR) is 78.0 cm³/mol. The second kappa shape index (κ2) is 6.21. The van der Waals surface area contributed by atoms with Crippen LogP contribution in [0, 0.1) is 3.57 Å². The largest absolute Gasteiger partial charge is 0.467 e. The highest BCUT2D eigenvalue weighted by atomic mass is 127. The molecule has 2 rings (SSSR count). The normalized spacial score (nSPS) is 12.6. The molecular formula is C14H16INO. The molecule has 3 heteroatoms. The van der Waals surface area contributed by atoms with E-state index in [0.717, 1.165) is 18.7 Å². The smallest absolute Gasteiger partial charge is 0.125 e. The van der Waals surface area contributed by atoms with Crippen molar-refractivity contribution in [1.82, 2.24) is 5.32 Å². The second-order valence-electron chi connectivity index (χ2n) is 3.92. The van der Waals surface area contributed by atoms with E-state index in [9.17, 15) is 0 Å². The van der Waals surface area contributed by atoms with Gasteiger partial charge >= 0.3 is 0 Å². The zero-order valence-corrected chi connectivity index (χ0v) is 12.0. The molecule has 0 aliphatic heterocycles. The standard InChI is InChI=1S/C14H16INO/c1-2-9-16-14(13-8-5-10-17-13)11-6-3-4-7-12(11)15/h3-8,10,14,16H,2,9H2,1H3. The van der Waals surface area contributed by atoms with Crippen molar-refractivity contribution in [1.29, 1.82) is 0 Å². The Hall–Kier alpha value is -0.810. The molecule has 0 saturated carbocycles. The topological polar surface area (TPSA) is 25.2 Å². The molecule has 0 aliphatic carbocycles. The summed E-state index contributed by atoms with van der Waals surface area (Å²) in [5.74, 6) is 0.975. The Bertz CT molecular complexity index is 453. The number of hydrogen-bond acceptors (Lipinski definition) is 2. The van der Waals surface area contributed by atoms with E-state index in [4.69, 9.17) is 4.42 Å². The molecule has 0 amide bonds. The molecule has 0 radical (unpaired) electrons. The Balaban J connectivity index is 2.30. The van der Waals surface area contributed by atoms with Crippen LogP contribution in [0.25, 0.3) is 0 Å². The van der Waals surface area contributed by atoms with Gasteiger partial charge in [-0.2, -0.15) is 0 Å². The van der Waals surface area contributed by atoms with E-state index in [1.165, 1.54) is 9.13 Å². The average molecular weight is 341 g/mol. The van der Waals surface area contributed by atoms with E-state index in [1.54, 1.807) is 6.26 Å². The summed E-state index contributed by atoms with van der Waals surface area (Å²) in [6, 6.07) is 12.5. The van der Waals surface area contributed by atoms with Gasteiger partial charge in [0.15, 0.2) is 0 Å². The Morgan fingerprint density at radius 3 is 2.71 bits per heavy atom. The van der Waals surface area contributed by atoms with Gasteiger partial charge in [0, 0.05) is 3.57 Å². The molecule has 1 aromatic carbocycles. The number of rotatable bonds is 5. The fraction of sp³-hybridized carbons (Fsp3) is 0.286. The first-order valence-electron chi connectivity index (χ1n) is 5.84. The van der Waals surface area contributed by atoms with E-state index in [0.29, 0.717) is 0 Å². The summed E-state index contributed by atoms with van der Waals surface area (Å²) in [5, 5.41) is 3.53. The van der Waals surface area contributed by atoms with Gasteiger partial charge in [-0.05, 0) is 59.3 Å². The quantitative estimate of drug-likeness (QED) is 0.833. The summed E-state index contributed by atoms with van der Waals surface area (Å²) in [6.45, 7) is 3.15. The van der Waals surface area contributed by atoms with Crippen LogP contribution in [0.5, 0.6) is 0 Å². The molecule has 17 heavy (non-hydrogen) atoms. The first-order valence-corrected chi connectivity index (χ1v) is 6.92. The lowest BCUT2D eigenvalue weighted by Gasteiger charge is -2.18. The zero-order valence-electron chi connectivity index (χ0n) is 9.82. The Kier molecular flexibility index (Phi) is 4.62. The Morgan fingerprint density at radius 1 is 1.24 bits per heavy atom. The molecule has 0 saturated heterocycles. The summed E-state index contributed by atoms with van der Waals surface area (Å²) in [5.41, 5.74) is 1.27. The van der Waals surface area contributed by atoms with Crippen molar-refractivity contribution in [3.8, 4) is 0 Å². The van der Waals surface area contributed by atoms with Gasteiger partial charge in [0.05, 0.1) is 12.3 Å². The van der Waals surface area contributed by atoms with Crippen LogP contribution in [0.15, 0.2) is 47.1 Å². The minimum absolute atomic E-state index is 0.151. The molecule has 2 aromatic rings. The third kappa shape index (κ3) is 3.10. The first kappa shape index (κ1) is 12.6. The van der Waals surface area contributed by atoms with Crippen molar-refractivity contribution < 1.29 is 4.42 Å². The van der Waals surface area contributed by atoms with Crippen LogP contribution in [0.2, 0.25) is 0 Å². The maximum Gasteiger partial charge on any atom is 0.125 e. The molecule has 1 aromatic heterocycles. The number of furan rings is 1. The van der Waals surface area contributed by atoms with Gasteiger partial charge < -0.3 is 9.73 Å². The van der Waals surface area contributed by atoms with Gasteiger partial charge in [-0.25, -0.2) is 0 Å². The lowest BCUT2D eigenvalue weighted by Crippen LogP contribution is -2.23. The van der Waals surface area contributed by atoms with Crippen molar-refractivity contribution in [3.05, 3.63) is 57.6 Å². The molecule has 1 N–H and O–H groups in total. The minimum atomic E-state index is 0.151. The van der Waals surface area contributed by atoms with Gasteiger partial charge in [-0.1, -0.05) is 25.1 Å². The third-order valence-electron chi connectivity index (χ3n) is 2.64. The molecule has 0 bridgehead atoms. The molecule has 90 valence electrons. The molecule has 0 spiro atoms. The summed E-state index contributed by atoms with van der Waals surface area (Å²) in [6.07, 6.45) is 2.84. The number of halogens is 1. The van der Waals surface area contributed by atoms with Gasteiger partial charge in [0.1, 0.15) is 5.76 Å². The van der Waals surface area contributed by atoms with E-state index in [-0.39, 0.29) is 6.04 Å². The van der Waals surface area contributed by atoms with Crippen LogP contribution in [-0.2, 0) is 0 Å². The monoisotopic (exact) mass is 341 g/mol. The number of nitrogens with one attached hydrogen (secondary N) is 1. The van der Waals surface area contributed by atoms with Crippen LogP contribution in [-0.4, -0.2) is 6.54 Å². The average Bonchev–Trinajstić information content (AvgIpc) is 2.85. The highest BCUT2D eigenvalue weighted by Crippen LogP contribution is 2.26. The van der Waals surface area contributed by atoms with Gasteiger partial charge in [-0.3, -0.25) is 0 Å². The third-order valence-corrected chi connectivity index (χ3v) is 3.62. The lowest BCUT2D eigenvalue weighted by atomic mass is 10.0. The summed E-state index contributed by atoms with van der Waals surface area (Å²) < 4.78 is 6.80. The van der Waals surface area contributed by atoms with Crippen molar-refractivity contribution in [2.45, 2.75) is 19.4 Å². The van der Waals surface area contributed by atoms with Crippen molar-refractivity contribution >= 4 is 22.6 Å². The molecule has 2 nitrogen and oxygen atoms in total. The van der Waals surface area contributed by atoms with Crippen LogP contribution in [0.4, 0.5) is 0 Å². The molecule has 1 heterocycles. The molecule has 1 unspecified atom stereocenters. The van der Waals surface area contributed by atoms with Crippen LogP contribution < -0.4 is 5.32 Å². The molecular weight excluding hydrogens is 325 g/mol. The van der Waals surface area contributed by atoms with E-state index in [1.807, 2.05) is 12.1 Å². The van der Waals surface area contributed by atoms with Gasteiger partial charge in [-0.15, -0.1) is 0 Å². The maximum absolute atomic E-state index is 5.54. The van der Waals surface area contributed by atoms with E-state index < -0.39 is 0 Å². The Morgan fingerprint density at radius 2 is 2.06 bits per heavy atom. The van der Waals surface area contributed by atoms with Crippen molar-refractivity contribution in [2.75, 3.05) is 6.54 Å². The number of hydrogen-bond donors (Lipinski definition) is 1. The predicted octanol–water partition coefficient (Wildman–Crippen LogP) is 3.97. The lowest BCUT2D eigenvalue weighted by molar-refractivity contribution is 0.446. The van der Waals surface area contributed by atoms with Crippen molar-refractivity contribution in [3.63, 3.8) is 0 Å². The fourth-order valence-electron chi connectivity index (χ4n) is 1.82. The minimum Gasteiger partial charge on any atom is -0.467 e. The summed E-state index contributed by atoms with van der Waals surface area (Å²) in [7, 11) is 0. The molecule has 1 atom stereocenters. The molecule has 0 fully saturated rings. The highest BCUT2D eigenvalue weighted by molar-refractivity contribution is 14.1. The van der Waals surface area contributed by atoms with Crippen LogP contribution >= 0.6 is 22.6 Å². The first-order chi connectivity index (χ1) is 8.33. The summed E-state index contributed by atoms with van der Waals surface area (Å²) in [4.78, 5) is 0. The SMILES string of the molecule is CCCNC(c1ccco1)c1ccccc1I. The maximum atomic E-state index is 5.54. The van der Waals surface area contributed by atoms with Crippen molar-refractivity contribution in [2.24, 2.45) is 0 Å². The number of benzene rings is 1. The fourth-order valence-corrected chi connectivity index (χ4v) is 2.52. The van der Waals surface area contributed by atoms with Gasteiger partial charge in [0.2, 0.25) is 0 Å². The van der Waals surface area contributed by atoms with E-state index >= 15 is 0 Å². The van der Waals surface area contributed by atoms with E-state index in [2.05, 4.69) is 59.1 Å². The summed E-state index contributed by atoms with van der Waals surface area (Å²) >= 11 is 2.37. The van der Waals surface area contributed by atoms with Crippen LogP contribution in [0.3, 0.4) is 0 Å². The van der Waals surface area contributed by atoms with Gasteiger partial charge in [0.25, 0.3) is 0 Å².